The van der Waals surface area contributed by atoms with Crippen LogP contribution in [0.3, 0.4) is 0 Å². The van der Waals surface area contributed by atoms with Gasteiger partial charge in [-0.05, 0) is 23.6 Å². The van der Waals surface area contributed by atoms with Crippen molar-refractivity contribution >= 4 is 28.0 Å². The summed E-state index contributed by atoms with van der Waals surface area (Å²) in [4.78, 5) is 33.9. The molecule has 0 unspecified atom stereocenters. The maximum Gasteiger partial charge on any atom is 0.332 e. The Morgan fingerprint density at radius 2 is 1.72 bits per heavy atom. The molecule has 162 valence electrons. The van der Waals surface area contributed by atoms with Crippen molar-refractivity contribution in [2.75, 3.05) is 11.9 Å². The minimum Gasteiger partial charge on any atom is -0.361 e. The SMILES string of the molecule is Cn1c(NCCc2c[nH]c3ccccc23)nc2c1c(=O)n(Cc1ccccc1)c(=O)n2C. The molecule has 32 heavy (non-hydrogen) atoms. The topological polar surface area (TPSA) is 89.6 Å². The number of rotatable bonds is 6. The molecule has 0 bridgehead atoms. The minimum absolute atomic E-state index is 0.219. The highest BCUT2D eigenvalue weighted by atomic mass is 16.2. The molecule has 2 aromatic carbocycles. The molecule has 0 aliphatic heterocycles. The third-order valence-electron chi connectivity index (χ3n) is 5.90. The van der Waals surface area contributed by atoms with E-state index in [9.17, 15) is 9.59 Å². The third kappa shape index (κ3) is 3.30. The van der Waals surface area contributed by atoms with E-state index in [1.807, 2.05) is 48.7 Å². The number of imidazole rings is 1. The van der Waals surface area contributed by atoms with Gasteiger partial charge in [-0.15, -0.1) is 0 Å². The summed E-state index contributed by atoms with van der Waals surface area (Å²) in [6, 6.07) is 17.7. The smallest absolute Gasteiger partial charge is 0.332 e. The quantitative estimate of drug-likeness (QED) is 0.435. The van der Waals surface area contributed by atoms with Crippen LogP contribution in [0.25, 0.3) is 22.1 Å². The molecule has 8 nitrogen and oxygen atoms in total. The molecule has 0 amide bonds. The standard InChI is InChI=1S/C24H24N6O2/c1-28-20-21(29(2)24(32)30(22(20)31)15-16-8-4-3-5-9-16)27-23(28)25-13-12-17-14-26-19-11-7-6-10-18(17)19/h3-11,14,26H,12-13,15H2,1-2H3,(H,25,27). The van der Waals surface area contributed by atoms with Crippen molar-refractivity contribution in [2.45, 2.75) is 13.0 Å². The van der Waals surface area contributed by atoms with Crippen molar-refractivity contribution in [1.29, 1.82) is 0 Å². The van der Waals surface area contributed by atoms with E-state index in [-0.39, 0.29) is 17.8 Å². The van der Waals surface area contributed by atoms with Crippen LogP contribution in [0.4, 0.5) is 5.95 Å². The normalized spacial score (nSPS) is 11.4. The Morgan fingerprint density at radius 3 is 2.53 bits per heavy atom. The largest absolute Gasteiger partial charge is 0.361 e. The number of aromatic nitrogens is 5. The molecule has 0 saturated heterocycles. The molecule has 0 aliphatic rings. The van der Waals surface area contributed by atoms with Crippen LogP contribution in [0.1, 0.15) is 11.1 Å². The molecule has 0 aliphatic carbocycles. The van der Waals surface area contributed by atoms with Gasteiger partial charge in [-0.2, -0.15) is 4.98 Å². The lowest BCUT2D eigenvalue weighted by molar-refractivity contribution is 0.655. The zero-order valence-corrected chi connectivity index (χ0v) is 18.0. The van der Waals surface area contributed by atoms with Crippen LogP contribution >= 0.6 is 0 Å². The van der Waals surface area contributed by atoms with Gasteiger partial charge >= 0.3 is 5.69 Å². The van der Waals surface area contributed by atoms with Crippen LogP contribution in [-0.4, -0.2) is 30.2 Å². The van der Waals surface area contributed by atoms with E-state index in [1.165, 1.54) is 20.1 Å². The van der Waals surface area contributed by atoms with Crippen molar-refractivity contribution in [2.24, 2.45) is 14.1 Å². The molecule has 2 N–H and O–H groups in total. The number of hydrogen-bond acceptors (Lipinski definition) is 4. The summed E-state index contributed by atoms with van der Waals surface area (Å²) in [5, 5.41) is 4.52. The second-order valence-corrected chi connectivity index (χ2v) is 7.92. The van der Waals surface area contributed by atoms with Gasteiger partial charge in [0.05, 0.1) is 6.54 Å². The summed E-state index contributed by atoms with van der Waals surface area (Å²) in [6.45, 7) is 0.863. The van der Waals surface area contributed by atoms with Crippen LogP contribution in [0.5, 0.6) is 0 Å². The number of aryl methyl sites for hydroxylation is 2. The molecule has 3 heterocycles. The highest BCUT2D eigenvalue weighted by molar-refractivity contribution is 5.83. The first-order valence-corrected chi connectivity index (χ1v) is 10.5. The van der Waals surface area contributed by atoms with Gasteiger partial charge in [0.2, 0.25) is 5.95 Å². The molecular formula is C24H24N6O2. The molecule has 5 rings (SSSR count). The van der Waals surface area contributed by atoms with Crippen LogP contribution < -0.4 is 16.6 Å². The summed E-state index contributed by atoms with van der Waals surface area (Å²) < 4.78 is 4.42. The number of anilines is 1. The van der Waals surface area contributed by atoms with Gasteiger partial charge in [-0.3, -0.25) is 13.9 Å². The number of hydrogen-bond donors (Lipinski definition) is 2. The van der Waals surface area contributed by atoms with E-state index in [4.69, 9.17) is 0 Å². The van der Waals surface area contributed by atoms with Gasteiger partial charge in [-0.25, -0.2) is 4.79 Å². The first-order valence-electron chi connectivity index (χ1n) is 10.5. The Hall–Kier alpha value is -4.07. The average Bonchev–Trinajstić information content (AvgIpc) is 3.37. The number of nitrogens with one attached hydrogen (secondary N) is 2. The monoisotopic (exact) mass is 428 g/mol. The highest BCUT2D eigenvalue weighted by Gasteiger charge is 2.18. The number of benzene rings is 2. The Morgan fingerprint density at radius 1 is 0.969 bits per heavy atom. The molecular weight excluding hydrogens is 404 g/mol. The van der Waals surface area contributed by atoms with E-state index in [0.717, 1.165) is 17.5 Å². The Kier molecular flexibility index (Phi) is 4.89. The average molecular weight is 428 g/mol. The van der Waals surface area contributed by atoms with Crippen LogP contribution in [0.2, 0.25) is 0 Å². The zero-order chi connectivity index (χ0) is 22.2. The van der Waals surface area contributed by atoms with Crippen molar-refractivity contribution in [3.05, 3.63) is 92.8 Å². The fraction of sp³-hybridized carbons (Fsp3) is 0.208. The lowest BCUT2D eigenvalue weighted by atomic mass is 10.1. The second-order valence-electron chi connectivity index (χ2n) is 7.92. The molecule has 8 heteroatoms. The van der Waals surface area contributed by atoms with Gasteiger partial charge in [0.25, 0.3) is 5.56 Å². The minimum atomic E-state index is -0.380. The van der Waals surface area contributed by atoms with Crippen molar-refractivity contribution in [1.82, 2.24) is 23.7 Å². The van der Waals surface area contributed by atoms with Crippen LogP contribution in [0, 0.1) is 0 Å². The van der Waals surface area contributed by atoms with E-state index < -0.39 is 0 Å². The van der Waals surface area contributed by atoms with Crippen molar-refractivity contribution in [3.63, 3.8) is 0 Å². The number of fused-ring (bicyclic) bond motifs is 2. The summed E-state index contributed by atoms with van der Waals surface area (Å²) in [5.74, 6) is 0.560. The maximum atomic E-state index is 13.2. The van der Waals surface area contributed by atoms with E-state index in [2.05, 4.69) is 27.4 Å². The molecule has 0 fully saturated rings. The summed E-state index contributed by atoms with van der Waals surface area (Å²) >= 11 is 0. The maximum absolute atomic E-state index is 13.2. The first kappa shape index (κ1) is 19.9. The Bertz CT molecular complexity index is 1540. The number of nitrogens with zero attached hydrogens (tertiary/aromatic N) is 4. The second kappa shape index (κ2) is 7.88. The molecule has 0 spiro atoms. The van der Waals surface area contributed by atoms with E-state index in [1.54, 1.807) is 18.7 Å². The van der Waals surface area contributed by atoms with Gasteiger partial charge in [0.15, 0.2) is 11.2 Å². The van der Waals surface area contributed by atoms with Gasteiger partial charge in [0.1, 0.15) is 0 Å². The van der Waals surface area contributed by atoms with Gasteiger partial charge < -0.3 is 14.9 Å². The first-order chi connectivity index (χ1) is 15.5. The van der Waals surface area contributed by atoms with Crippen LogP contribution in [-0.2, 0) is 27.1 Å². The molecule has 5 aromatic rings. The molecule has 0 radical (unpaired) electrons. The fourth-order valence-corrected chi connectivity index (χ4v) is 4.15. The van der Waals surface area contributed by atoms with E-state index >= 15 is 0 Å². The number of aromatic amines is 1. The fourth-order valence-electron chi connectivity index (χ4n) is 4.15. The highest BCUT2D eigenvalue weighted by Crippen LogP contribution is 2.19. The van der Waals surface area contributed by atoms with Crippen molar-refractivity contribution < 1.29 is 0 Å². The molecule has 0 saturated carbocycles. The van der Waals surface area contributed by atoms with Crippen LogP contribution in [0.15, 0.2) is 70.4 Å². The summed E-state index contributed by atoms with van der Waals surface area (Å²) in [6.07, 6.45) is 2.82. The van der Waals surface area contributed by atoms with Crippen molar-refractivity contribution in [3.8, 4) is 0 Å². The Balaban J connectivity index is 1.45. The van der Waals surface area contributed by atoms with E-state index in [0.29, 0.717) is 23.7 Å². The molecule has 0 atom stereocenters. The number of H-pyrrole nitrogens is 1. The lowest BCUT2D eigenvalue weighted by Gasteiger charge is -2.09. The number of para-hydroxylation sites is 1. The summed E-state index contributed by atoms with van der Waals surface area (Å²) in [5.41, 5.74) is 3.27. The predicted molar refractivity (Wildman–Crippen MR) is 126 cm³/mol. The zero-order valence-electron chi connectivity index (χ0n) is 18.0. The lowest BCUT2D eigenvalue weighted by Crippen LogP contribution is -2.39. The molecule has 3 aromatic heterocycles. The summed E-state index contributed by atoms with van der Waals surface area (Å²) in [7, 11) is 3.44. The predicted octanol–water partition coefficient (Wildman–Crippen LogP) is 2.62. The Labute approximate surface area is 183 Å². The van der Waals surface area contributed by atoms with Gasteiger partial charge in [0, 0.05) is 37.7 Å². The van der Waals surface area contributed by atoms with Gasteiger partial charge in [-0.1, -0.05) is 48.5 Å². The third-order valence-corrected chi connectivity index (χ3v) is 5.90.